The minimum absolute atomic E-state index is 0.0757. The van der Waals surface area contributed by atoms with Crippen molar-refractivity contribution in [2.45, 2.75) is 13.0 Å². The molecule has 0 aliphatic carbocycles. The van der Waals surface area contributed by atoms with E-state index in [1.54, 1.807) is 4.90 Å². The first-order chi connectivity index (χ1) is 7.72. The fourth-order valence-electron chi connectivity index (χ4n) is 1.91. The molecule has 2 amide bonds. The Morgan fingerprint density at radius 1 is 1.25 bits per heavy atom. The van der Waals surface area contributed by atoms with Gasteiger partial charge in [-0.05, 0) is 24.1 Å². The number of hydrogen-bond donors (Lipinski definition) is 1. The first-order valence-electron chi connectivity index (χ1n) is 5.54. The summed E-state index contributed by atoms with van der Waals surface area (Å²) in [4.78, 5) is 15.5. The highest BCUT2D eigenvalue weighted by Gasteiger charge is 2.23. The number of nitrogens with two attached hydrogens (primary N) is 1. The fraction of sp³-hybridized carbons (Fsp3) is 0.417. The molecule has 1 saturated heterocycles. The molecule has 0 saturated carbocycles. The number of carbonyl (C=O) groups is 1. The Morgan fingerprint density at radius 3 is 2.56 bits per heavy atom. The lowest BCUT2D eigenvalue weighted by Crippen LogP contribution is -2.47. The van der Waals surface area contributed by atoms with E-state index in [1.165, 1.54) is 0 Å². The van der Waals surface area contributed by atoms with Crippen LogP contribution in [0.2, 0.25) is 0 Å². The fourth-order valence-corrected chi connectivity index (χ4v) is 1.91. The summed E-state index contributed by atoms with van der Waals surface area (Å²) < 4.78 is 0. The number of hydrogen-bond acceptors (Lipinski definition) is 2. The summed E-state index contributed by atoms with van der Waals surface area (Å²) >= 11 is 0. The molecular weight excluding hydrogens is 202 g/mol. The van der Waals surface area contributed by atoms with E-state index in [-0.39, 0.29) is 6.03 Å². The van der Waals surface area contributed by atoms with Crippen LogP contribution in [0.1, 0.15) is 12.0 Å². The van der Waals surface area contributed by atoms with E-state index >= 15 is 0 Å². The number of benzene rings is 1. The topological polar surface area (TPSA) is 49.6 Å². The molecule has 4 heteroatoms. The summed E-state index contributed by atoms with van der Waals surface area (Å²) in [7, 11) is 1.84. The monoisotopic (exact) mass is 219 g/mol. The summed E-state index contributed by atoms with van der Waals surface area (Å²) in [5.74, 6) is 0. The van der Waals surface area contributed by atoms with Crippen LogP contribution in [0.15, 0.2) is 24.3 Å². The zero-order chi connectivity index (χ0) is 11.5. The van der Waals surface area contributed by atoms with Crippen molar-refractivity contribution in [1.29, 1.82) is 0 Å². The van der Waals surface area contributed by atoms with Gasteiger partial charge in [0.1, 0.15) is 0 Å². The molecule has 2 rings (SSSR count). The third-order valence-corrected chi connectivity index (χ3v) is 2.92. The highest BCUT2D eigenvalue weighted by atomic mass is 16.2. The van der Waals surface area contributed by atoms with Crippen molar-refractivity contribution in [3.63, 3.8) is 0 Å². The molecule has 1 aliphatic heterocycles. The zero-order valence-corrected chi connectivity index (χ0v) is 9.52. The number of urea groups is 1. The van der Waals surface area contributed by atoms with Gasteiger partial charge in [0.2, 0.25) is 0 Å². The van der Waals surface area contributed by atoms with E-state index in [2.05, 4.69) is 0 Å². The molecule has 1 heterocycles. The molecule has 1 fully saturated rings. The number of amides is 2. The Bertz CT molecular complexity index is 374. The predicted molar refractivity (Wildman–Crippen MR) is 64.3 cm³/mol. The van der Waals surface area contributed by atoms with Gasteiger partial charge in [-0.1, -0.05) is 12.1 Å². The van der Waals surface area contributed by atoms with Crippen LogP contribution in [0.3, 0.4) is 0 Å². The van der Waals surface area contributed by atoms with E-state index in [4.69, 9.17) is 5.73 Å². The number of rotatable bonds is 2. The highest BCUT2D eigenvalue weighted by molar-refractivity contribution is 5.92. The average molecular weight is 219 g/mol. The third-order valence-electron chi connectivity index (χ3n) is 2.92. The van der Waals surface area contributed by atoms with Gasteiger partial charge in [0.25, 0.3) is 0 Å². The maximum atomic E-state index is 11.9. The maximum absolute atomic E-state index is 11.9. The first kappa shape index (κ1) is 11.0. The van der Waals surface area contributed by atoms with Crippen LogP contribution in [0, 0.1) is 0 Å². The van der Waals surface area contributed by atoms with Crippen LogP contribution in [-0.4, -0.2) is 31.1 Å². The van der Waals surface area contributed by atoms with Crippen molar-refractivity contribution in [2.75, 3.05) is 25.0 Å². The van der Waals surface area contributed by atoms with Crippen LogP contribution in [0.5, 0.6) is 0 Å². The lowest BCUT2D eigenvalue weighted by molar-refractivity contribution is 0.207. The molecule has 0 bridgehead atoms. The SMILES string of the molecule is CN1CCCN(c2ccc(CN)cc2)C1=O. The van der Waals surface area contributed by atoms with Gasteiger partial charge in [-0.3, -0.25) is 4.90 Å². The molecule has 1 aromatic rings. The van der Waals surface area contributed by atoms with Gasteiger partial charge < -0.3 is 10.6 Å². The predicted octanol–water partition coefficient (Wildman–Crippen LogP) is 1.41. The van der Waals surface area contributed by atoms with Gasteiger partial charge >= 0.3 is 6.03 Å². The molecule has 86 valence electrons. The van der Waals surface area contributed by atoms with Crippen LogP contribution in [-0.2, 0) is 6.54 Å². The van der Waals surface area contributed by atoms with Gasteiger partial charge in [0.05, 0.1) is 0 Å². The van der Waals surface area contributed by atoms with Gasteiger partial charge in [-0.2, -0.15) is 0 Å². The van der Waals surface area contributed by atoms with Crippen molar-refractivity contribution in [1.82, 2.24) is 4.90 Å². The van der Waals surface area contributed by atoms with Gasteiger partial charge in [0, 0.05) is 32.4 Å². The molecule has 0 radical (unpaired) electrons. The number of nitrogens with zero attached hydrogens (tertiary/aromatic N) is 2. The van der Waals surface area contributed by atoms with Crippen molar-refractivity contribution < 1.29 is 4.79 Å². The first-order valence-corrected chi connectivity index (χ1v) is 5.54. The standard InChI is InChI=1S/C12H17N3O/c1-14-7-2-8-15(12(14)16)11-5-3-10(9-13)4-6-11/h3-6H,2,7-9,13H2,1H3. The van der Waals surface area contributed by atoms with Crippen molar-refractivity contribution >= 4 is 11.7 Å². The smallest absolute Gasteiger partial charge is 0.324 e. The van der Waals surface area contributed by atoms with Crippen LogP contribution < -0.4 is 10.6 Å². The summed E-state index contributed by atoms with van der Waals surface area (Å²) in [5.41, 5.74) is 7.58. The van der Waals surface area contributed by atoms with E-state index in [9.17, 15) is 4.79 Å². The zero-order valence-electron chi connectivity index (χ0n) is 9.52. The van der Waals surface area contributed by atoms with Gasteiger partial charge in [0.15, 0.2) is 0 Å². The lowest BCUT2D eigenvalue weighted by atomic mass is 10.2. The average Bonchev–Trinajstić information content (AvgIpc) is 2.33. The summed E-state index contributed by atoms with van der Waals surface area (Å²) in [6.07, 6.45) is 1.01. The Hall–Kier alpha value is -1.55. The third kappa shape index (κ3) is 2.02. The molecule has 0 aromatic heterocycles. The van der Waals surface area contributed by atoms with Crippen LogP contribution in [0.4, 0.5) is 10.5 Å². The van der Waals surface area contributed by atoms with Gasteiger partial charge in [-0.15, -0.1) is 0 Å². The van der Waals surface area contributed by atoms with Crippen molar-refractivity contribution in [3.05, 3.63) is 29.8 Å². The van der Waals surface area contributed by atoms with Crippen molar-refractivity contribution in [2.24, 2.45) is 5.73 Å². The summed E-state index contributed by atoms with van der Waals surface area (Å²) in [6.45, 7) is 2.18. The number of anilines is 1. The highest BCUT2D eigenvalue weighted by Crippen LogP contribution is 2.19. The Balaban J connectivity index is 2.19. The molecule has 2 N–H and O–H groups in total. The van der Waals surface area contributed by atoms with Crippen LogP contribution >= 0.6 is 0 Å². The van der Waals surface area contributed by atoms with Crippen LogP contribution in [0.25, 0.3) is 0 Å². The quantitative estimate of drug-likeness (QED) is 0.817. The Morgan fingerprint density at radius 2 is 1.94 bits per heavy atom. The second-order valence-electron chi connectivity index (χ2n) is 4.08. The lowest BCUT2D eigenvalue weighted by Gasteiger charge is -2.33. The number of carbonyl (C=O) groups excluding carboxylic acids is 1. The van der Waals surface area contributed by atoms with Crippen molar-refractivity contribution in [3.8, 4) is 0 Å². The Kier molecular flexibility index (Phi) is 3.10. The summed E-state index contributed by atoms with van der Waals surface area (Å²) in [5, 5.41) is 0. The molecule has 0 atom stereocenters. The molecule has 1 aromatic carbocycles. The minimum atomic E-state index is 0.0757. The second-order valence-corrected chi connectivity index (χ2v) is 4.08. The molecular formula is C12H17N3O. The normalized spacial score (nSPS) is 16.8. The minimum Gasteiger partial charge on any atom is -0.327 e. The Labute approximate surface area is 95.6 Å². The molecule has 4 nitrogen and oxygen atoms in total. The summed E-state index contributed by atoms with van der Waals surface area (Å²) in [6, 6.07) is 7.93. The van der Waals surface area contributed by atoms with E-state index in [1.807, 2.05) is 36.2 Å². The molecule has 0 spiro atoms. The molecule has 0 unspecified atom stereocenters. The van der Waals surface area contributed by atoms with Gasteiger partial charge in [-0.25, -0.2) is 4.79 Å². The van der Waals surface area contributed by atoms with E-state index < -0.39 is 0 Å². The largest absolute Gasteiger partial charge is 0.327 e. The maximum Gasteiger partial charge on any atom is 0.324 e. The van der Waals surface area contributed by atoms with E-state index in [0.29, 0.717) is 6.54 Å². The second kappa shape index (κ2) is 4.53. The molecule has 1 aliphatic rings. The van der Waals surface area contributed by atoms with E-state index in [0.717, 1.165) is 30.8 Å². The molecule has 16 heavy (non-hydrogen) atoms.